The molecule has 1 aromatic carbocycles. The smallest absolute Gasteiger partial charge is 0.161 e. The zero-order valence-electron chi connectivity index (χ0n) is 11.9. The first kappa shape index (κ1) is 13.0. The Balaban J connectivity index is 2.12. The average molecular weight is 271 g/mol. The highest BCUT2D eigenvalue weighted by Gasteiger charge is 2.19. The van der Waals surface area contributed by atoms with Gasteiger partial charge in [-0.1, -0.05) is 0 Å². The summed E-state index contributed by atoms with van der Waals surface area (Å²) >= 11 is 0. The minimum atomic E-state index is -0.237. The van der Waals surface area contributed by atoms with Crippen LogP contribution in [-0.4, -0.2) is 24.1 Å². The molecule has 1 aliphatic rings. The lowest BCUT2D eigenvalue weighted by Gasteiger charge is -2.23. The van der Waals surface area contributed by atoms with E-state index in [0.717, 1.165) is 29.9 Å². The van der Waals surface area contributed by atoms with Gasteiger partial charge in [-0.2, -0.15) is 0 Å². The molecule has 0 bridgehead atoms. The van der Waals surface area contributed by atoms with Crippen LogP contribution < -0.4 is 4.90 Å². The standard InChI is InChI=1S/C16H18FN3/c1-20(2)16-13-5-3-4-6-14(13)18-15(19-16)11-7-9-12(17)10-8-11/h7-10H,3-6H2,1-2H3. The van der Waals surface area contributed by atoms with Crippen LogP contribution in [0.15, 0.2) is 24.3 Å². The van der Waals surface area contributed by atoms with Crippen molar-refractivity contribution in [2.45, 2.75) is 25.7 Å². The number of halogens is 1. The van der Waals surface area contributed by atoms with Gasteiger partial charge >= 0.3 is 0 Å². The van der Waals surface area contributed by atoms with E-state index in [2.05, 4.69) is 4.98 Å². The van der Waals surface area contributed by atoms with Gasteiger partial charge in [0.1, 0.15) is 11.6 Å². The summed E-state index contributed by atoms with van der Waals surface area (Å²) in [7, 11) is 4.01. The van der Waals surface area contributed by atoms with Crippen LogP contribution in [-0.2, 0) is 12.8 Å². The first-order valence-electron chi connectivity index (χ1n) is 6.98. The number of rotatable bonds is 2. The number of aryl methyl sites for hydroxylation is 1. The molecule has 104 valence electrons. The molecule has 1 heterocycles. The number of hydrogen-bond donors (Lipinski definition) is 0. The van der Waals surface area contributed by atoms with Crippen molar-refractivity contribution < 1.29 is 4.39 Å². The summed E-state index contributed by atoms with van der Waals surface area (Å²) in [6, 6.07) is 6.37. The van der Waals surface area contributed by atoms with Gasteiger partial charge in [0.25, 0.3) is 0 Å². The summed E-state index contributed by atoms with van der Waals surface area (Å²) in [6.45, 7) is 0. The molecule has 1 aliphatic carbocycles. The normalized spacial score (nSPS) is 13.9. The van der Waals surface area contributed by atoms with Crippen molar-refractivity contribution in [1.29, 1.82) is 0 Å². The monoisotopic (exact) mass is 271 g/mol. The number of anilines is 1. The van der Waals surface area contributed by atoms with Crippen molar-refractivity contribution in [3.8, 4) is 11.4 Å². The molecule has 0 fully saturated rings. The fourth-order valence-electron chi connectivity index (χ4n) is 2.67. The Kier molecular flexibility index (Phi) is 3.38. The van der Waals surface area contributed by atoms with Crippen LogP contribution in [0.25, 0.3) is 11.4 Å². The molecule has 0 aliphatic heterocycles. The fraction of sp³-hybridized carbons (Fsp3) is 0.375. The van der Waals surface area contributed by atoms with Crippen LogP contribution >= 0.6 is 0 Å². The van der Waals surface area contributed by atoms with E-state index < -0.39 is 0 Å². The molecule has 1 aromatic heterocycles. The minimum absolute atomic E-state index is 0.237. The molecule has 0 radical (unpaired) electrons. The predicted molar refractivity (Wildman–Crippen MR) is 78.4 cm³/mol. The molecule has 0 saturated heterocycles. The summed E-state index contributed by atoms with van der Waals surface area (Å²) in [5.74, 6) is 1.45. The summed E-state index contributed by atoms with van der Waals surface area (Å²) in [6.07, 6.45) is 4.44. The molecule has 0 saturated carbocycles. The molecular weight excluding hydrogens is 253 g/mol. The molecule has 0 spiro atoms. The van der Waals surface area contributed by atoms with Gasteiger partial charge in [0.2, 0.25) is 0 Å². The van der Waals surface area contributed by atoms with E-state index in [9.17, 15) is 4.39 Å². The van der Waals surface area contributed by atoms with E-state index in [0.29, 0.717) is 5.82 Å². The summed E-state index contributed by atoms with van der Waals surface area (Å²) in [4.78, 5) is 11.4. The Hall–Kier alpha value is -1.97. The Bertz CT molecular complexity index is 620. The fourth-order valence-corrected chi connectivity index (χ4v) is 2.67. The van der Waals surface area contributed by atoms with Crippen LogP contribution in [0.5, 0.6) is 0 Å². The van der Waals surface area contributed by atoms with Gasteiger partial charge in [-0.05, 0) is 49.9 Å². The van der Waals surface area contributed by atoms with Gasteiger partial charge in [-0.3, -0.25) is 0 Å². The highest BCUT2D eigenvalue weighted by Crippen LogP contribution is 2.29. The number of benzene rings is 1. The van der Waals surface area contributed by atoms with Crippen LogP contribution in [0.4, 0.5) is 10.2 Å². The average Bonchev–Trinajstić information content (AvgIpc) is 2.46. The van der Waals surface area contributed by atoms with Gasteiger partial charge in [-0.15, -0.1) is 0 Å². The van der Waals surface area contributed by atoms with Crippen LogP contribution in [0.1, 0.15) is 24.1 Å². The van der Waals surface area contributed by atoms with E-state index in [1.807, 2.05) is 19.0 Å². The Morgan fingerprint density at radius 2 is 1.70 bits per heavy atom. The lowest BCUT2D eigenvalue weighted by atomic mass is 9.96. The SMILES string of the molecule is CN(C)c1nc(-c2ccc(F)cc2)nc2c1CCCC2. The minimum Gasteiger partial charge on any atom is -0.362 e. The van der Waals surface area contributed by atoms with Gasteiger partial charge in [0.15, 0.2) is 5.82 Å². The Labute approximate surface area is 118 Å². The topological polar surface area (TPSA) is 29.0 Å². The Morgan fingerprint density at radius 3 is 2.40 bits per heavy atom. The van der Waals surface area contributed by atoms with Crippen molar-refractivity contribution in [2.24, 2.45) is 0 Å². The third kappa shape index (κ3) is 2.38. The third-order valence-electron chi connectivity index (χ3n) is 3.69. The molecule has 2 aromatic rings. The van der Waals surface area contributed by atoms with Crippen LogP contribution in [0, 0.1) is 5.82 Å². The maximum absolute atomic E-state index is 13.0. The number of aromatic nitrogens is 2. The van der Waals surface area contributed by atoms with Gasteiger partial charge < -0.3 is 4.90 Å². The third-order valence-corrected chi connectivity index (χ3v) is 3.69. The van der Waals surface area contributed by atoms with Crippen molar-refractivity contribution in [3.05, 3.63) is 41.3 Å². The quantitative estimate of drug-likeness (QED) is 0.839. The lowest BCUT2D eigenvalue weighted by molar-refractivity contribution is 0.628. The van der Waals surface area contributed by atoms with Crippen molar-refractivity contribution in [1.82, 2.24) is 9.97 Å². The summed E-state index contributed by atoms with van der Waals surface area (Å²) in [5.41, 5.74) is 3.28. The molecule has 4 heteroatoms. The van der Waals surface area contributed by atoms with E-state index in [4.69, 9.17) is 4.98 Å². The second kappa shape index (κ2) is 5.19. The molecule has 0 atom stereocenters. The van der Waals surface area contributed by atoms with E-state index in [1.165, 1.54) is 30.5 Å². The molecule has 0 amide bonds. The zero-order chi connectivity index (χ0) is 14.1. The molecule has 0 N–H and O–H groups in total. The summed E-state index contributed by atoms with van der Waals surface area (Å²) < 4.78 is 13.0. The van der Waals surface area contributed by atoms with Gasteiger partial charge in [-0.25, -0.2) is 14.4 Å². The zero-order valence-corrected chi connectivity index (χ0v) is 11.9. The second-order valence-electron chi connectivity index (χ2n) is 5.40. The molecule has 20 heavy (non-hydrogen) atoms. The first-order chi connectivity index (χ1) is 9.65. The van der Waals surface area contributed by atoms with Gasteiger partial charge in [0.05, 0.1) is 0 Å². The molecule has 3 rings (SSSR count). The lowest BCUT2D eigenvalue weighted by Crippen LogP contribution is -2.18. The Morgan fingerprint density at radius 1 is 1.00 bits per heavy atom. The summed E-state index contributed by atoms with van der Waals surface area (Å²) in [5, 5.41) is 0. The molecule has 0 unspecified atom stereocenters. The van der Waals surface area contributed by atoms with Crippen molar-refractivity contribution in [2.75, 3.05) is 19.0 Å². The predicted octanol–water partition coefficient (Wildman–Crippen LogP) is 3.23. The number of hydrogen-bond acceptors (Lipinski definition) is 3. The van der Waals surface area contributed by atoms with E-state index >= 15 is 0 Å². The second-order valence-corrected chi connectivity index (χ2v) is 5.40. The van der Waals surface area contributed by atoms with Crippen molar-refractivity contribution >= 4 is 5.82 Å². The van der Waals surface area contributed by atoms with E-state index in [-0.39, 0.29) is 5.82 Å². The molecule has 3 nitrogen and oxygen atoms in total. The largest absolute Gasteiger partial charge is 0.362 e. The van der Waals surface area contributed by atoms with Crippen LogP contribution in [0.3, 0.4) is 0 Å². The number of fused-ring (bicyclic) bond motifs is 1. The maximum Gasteiger partial charge on any atom is 0.161 e. The van der Waals surface area contributed by atoms with E-state index in [1.54, 1.807) is 12.1 Å². The van der Waals surface area contributed by atoms with Crippen LogP contribution in [0.2, 0.25) is 0 Å². The highest BCUT2D eigenvalue weighted by molar-refractivity contribution is 5.60. The number of nitrogens with zero attached hydrogens (tertiary/aromatic N) is 3. The van der Waals surface area contributed by atoms with Gasteiger partial charge in [0, 0.05) is 30.9 Å². The molecular formula is C16H18FN3. The van der Waals surface area contributed by atoms with Crippen molar-refractivity contribution in [3.63, 3.8) is 0 Å². The highest BCUT2D eigenvalue weighted by atomic mass is 19.1. The maximum atomic E-state index is 13.0. The first-order valence-corrected chi connectivity index (χ1v) is 6.98.